The molecule has 2 aromatic carbocycles. The fourth-order valence-corrected chi connectivity index (χ4v) is 5.67. The summed E-state index contributed by atoms with van der Waals surface area (Å²) in [4.78, 5) is 13.3. The van der Waals surface area contributed by atoms with Crippen LogP contribution in [0.25, 0.3) is 0 Å². The first-order chi connectivity index (χ1) is 14.6. The summed E-state index contributed by atoms with van der Waals surface area (Å²) >= 11 is 0. The Morgan fingerprint density at radius 2 is 1.74 bits per heavy atom. The fourth-order valence-electron chi connectivity index (χ4n) is 4.41. The lowest BCUT2D eigenvalue weighted by Gasteiger charge is -2.32. The number of hydrogen-bond acceptors (Lipinski definition) is 3. The number of benzene rings is 2. The van der Waals surface area contributed by atoms with Gasteiger partial charge in [-0.3, -0.25) is 9.10 Å². The molecule has 2 aromatic rings. The van der Waals surface area contributed by atoms with Crippen LogP contribution in [0, 0.1) is 13.8 Å². The van der Waals surface area contributed by atoms with Gasteiger partial charge in [-0.15, -0.1) is 0 Å². The first-order valence-corrected chi connectivity index (χ1v) is 13.0. The van der Waals surface area contributed by atoms with Gasteiger partial charge in [0.25, 0.3) is 0 Å². The molecule has 31 heavy (non-hydrogen) atoms. The van der Waals surface area contributed by atoms with Crippen LogP contribution in [0.5, 0.6) is 0 Å². The minimum atomic E-state index is -3.65. The van der Waals surface area contributed by atoms with Crippen LogP contribution in [0.2, 0.25) is 0 Å². The maximum Gasteiger partial charge on any atom is 0.244 e. The lowest BCUT2D eigenvalue weighted by molar-refractivity contribution is -0.122. The summed E-state index contributed by atoms with van der Waals surface area (Å²) < 4.78 is 26.8. The highest BCUT2D eigenvalue weighted by Gasteiger charge is 2.33. The Bertz CT molecular complexity index is 1060. The largest absolute Gasteiger partial charge is 0.348 e. The number of nitrogens with zero attached hydrogens (tertiary/aromatic N) is 1. The lowest BCUT2D eigenvalue weighted by atomic mass is 9.89. The third-order valence-electron chi connectivity index (χ3n) is 6.16. The van der Waals surface area contributed by atoms with Crippen molar-refractivity contribution in [3.63, 3.8) is 0 Å². The Balaban J connectivity index is 1.87. The number of amides is 1. The van der Waals surface area contributed by atoms with E-state index in [0.717, 1.165) is 35.8 Å². The number of carbonyl (C=O) groups is 1. The maximum atomic E-state index is 13.3. The van der Waals surface area contributed by atoms with Crippen LogP contribution < -0.4 is 9.62 Å². The van der Waals surface area contributed by atoms with Gasteiger partial charge in [-0.1, -0.05) is 37.3 Å². The number of rotatable bonds is 7. The number of nitrogens with one attached hydrogen (secondary N) is 1. The van der Waals surface area contributed by atoms with Crippen LogP contribution in [-0.4, -0.2) is 26.6 Å². The van der Waals surface area contributed by atoms with Gasteiger partial charge in [0.05, 0.1) is 18.0 Å². The molecule has 2 unspecified atom stereocenters. The number of aryl methyl sites for hydroxylation is 4. The predicted molar refractivity (Wildman–Crippen MR) is 127 cm³/mol. The van der Waals surface area contributed by atoms with Crippen LogP contribution >= 0.6 is 0 Å². The van der Waals surface area contributed by atoms with E-state index < -0.39 is 16.1 Å². The van der Waals surface area contributed by atoms with Crippen LogP contribution in [0.1, 0.15) is 67.0 Å². The van der Waals surface area contributed by atoms with Gasteiger partial charge >= 0.3 is 0 Å². The number of sulfonamides is 1. The summed E-state index contributed by atoms with van der Waals surface area (Å²) in [5, 5.41) is 3.07. The van der Waals surface area contributed by atoms with E-state index in [1.54, 1.807) is 0 Å². The van der Waals surface area contributed by atoms with Crippen molar-refractivity contribution in [3.05, 3.63) is 64.2 Å². The smallest absolute Gasteiger partial charge is 0.244 e. The molecule has 1 aliphatic carbocycles. The highest BCUT2D eigenvalue weighted by Crippen LogP contribution is 2.29. The van der Waals surface area contributed by atoms with Gasteiger partial charge in [0.2, 0.25) is 15.9 Å². The molecule has 0 aliphatic heterocycles. The first-order valence-electron chi connectivity index (χ1n) is 11.1. The Morgan fingerprint density at radius 3 is 2.39 bits per heavy atom. The topological polar surface area (TPSA) is 66.5 Å². The molecule has 6 heteroatoms. The van der Waals surface area contributed by atoms with Gasteiger partial charge in [-0.2, -0.15) is 0 Å². The van der Waals surface area contributed by atoms with E-state index in [-0.39, 0.29) is 11.9 Å². The van der Waals surface area contributed by atoms with E-state index >= 15 is 0 Å². The molecule has 5 nitrogen and oxygen atoms in total. The molecule has 1 N–H and O–H groups in total. The Morgan fingerprint density at radius 1 is 1.06 bits per heavy atom. The number of fused-ring (bicyclic) bond motifs is 1. The minimum Gasteiger partial charge on any atom is -0.348 e. The normalized spacial score (nSPS) is 15.6. The Labute approximate surface area is 186 Å². The van der Waals surface area contributed by atoms with Gasteiger partial charge < -0.3 is 5.32 Å². The van der Waals surface area contributed by atoms with Crippen molar-refractivity contribution in [2.45, 2.75) is 71.9 Å². The van der Waals surface area contributed by atoms with Crippen molar-refractivity contribution in [1.29, 1.82) is 0 Å². The minimum absolute atomic E-state index is 0.200. The second-order valence-corrected chi connectivity index (χ2v) is 10.6. The maximum absolute atomic E-state index is 13.3. The average molecular weight is 443 g/mol. The molecule has 0 fully saturated rings. The molecule has 1 amide bonds. The molecular formula is C25H34N2O3S. The van der Waals surface area contributed by atoms with Crippen LogP contribution in [-0.2, 0) is 27.7 Å². The molecule has 0 saturated carbocycles. The van der Waals surface area contributed by atoms with E-state index in [1.165, 1.54) is 28.3 Å². The zero-order valence-electron chi connectivity index (χ0n) is 19.2. The van der Waals surface area contributed by atoms with Crippen molar-refractivity contribution in [2.24, 2.45) is 0 Å². The summed E-state index contributed by atoms with van der Waals surface area (Å²) in [6.45, 7) is 7.59. The molecule has 1 aliphatic rings. The van der Waals surface area contributed by atoms with Crippen LogP contribution in [0.3, 0.4) is 0 Å². The average Bonchev–Trinajstić information content (AvgIpc) is 2.72. The number of hydrogen-bond donors (Lipinski definition) is 1. The standard InChI is InChI=1S/C25H34N2O3S/c1-6-23(27(31(5,29)30)24-15-17(2)11-12-18(24)3)25(28)26-19(4)21-14-13-20-9-7-8-10-22(20)16-21/h11-16,19,23H,6-10H2,1-5H3,(H,26,28). The van der Waals surface area contributed by atoms with Crippen LogP contribution in [0.15, 0.2) is 36.4 Å². The Hall–Kier alpha value is -2.34. The van der Waals surface area contributed by atoms with E-state index in [0.29, 0.717) is 12.1 Å². The second-order valence-electron chi connectivity index (χ2n) is 8.74. The van der Waals surface area contributed by atoms with E-state index in [9.17, 15) is 13.2 Å². The quantitative estimate of drug-likeness (QED) is 0.681. The molecule has 0 aromatic heterocycles. The monoisotopic (exact) mass is 442 g/mol. The zero-order chi connectivity index (χ0) is 22.8. The van der Waals surface area contributed by atoms with Gasteiger partial charge in [0, 0.05) is 0 Å². The third-order valence-corrected chi connectivity index (χ3v) is 7.33. The van der Waals surface area contributed by atoms with E-state index in [1.807, 2.05) is 45.9 Å². The Kier molecular flexibility index (Phi) is 7.10. The summed E-state index contributed by atoms with van der Waals surface area (Å²) in [7, 11) is -3.65. The summed E-state index contributed by atoms with van der Waals surface area (Å²) in [6, 6.07) is 11.1. The molecule has 2 atom stereocenters. The van der Waals surface area contributed by atoms with E-state index in [2.05, 4.69) is 23.5 Å². The SMILES string of the molecule is CCC(C(=O)NC(C)c1ccc2c(c1)CCCC2)N(c1cc(C)ccc1C)S(C)(=O)=O. The van der Waals surface area contributed by atoms with Gasteiger partial charge in [-0.25, -0.2) is 8.42 Å². The van der Waals surface area contributed by atoms with Crippen molar-refractivity contribution in [2.75, 3.05) is 10.6 Å². The molecule has 0 spiro atoms. The summed E-state index contributed by atoms with van der Waals surface area (Å²) in [5.41, 5.74) is 6.16. The van der Waals surface area contributed by atoms with Crippen molar-refractivity contribution in [3.8, 4) is 0 Å². The second kappa shape index (κ2) is 9.43. The highest BCUT2D eigenvalue weighted by molar-refractivity contribution is 7.92. The van der Waals surface area contributed by atoms with E-state index in [4.69, 9.17) is 0 Å². The number of carbonyl (C=O) groups excluding carboxylic acids is 1. The van der Waals surface area contributed by atoms with Gasteiger partial charge in [0.15, 0.2) is 0 Å². The van der Waals surface area contributed by atoms with Crippen molar-refractivity contribution >= 4 is 21.6 Å². The predicted octanol–water partition coefficient (Wildman–Crippen LogP) is 4.60. The molecule has 0 heterocycles. The highest BCUT2D eigenvalue weighted by atomic mass is 32.2. The lowest BCUT2D eigenvalue weighted by Crippen LogP contribution is -2.50. The summed E-state index contributed by atoms with van der Waals surface area (Å²) in [5.74, 6) is -0.279. The summed E-state index contributed by atoms with van der Waals surface area (Å²) in [6.07, 6.45) is 6.18. The molecule has 0 saturated heterocycles. The van der Waals surface area contributed by atoms with Gasteiger partial charge in [-0.05, 0) is 86.8 Å². The molecule has 0 bridgehead atoms. The van der Waals surface area contributed by atoms with Crippen molar-refractivity contribution < 1.29 is 13.2 Å². The molecule has 168 valence electrons. The van der Waals surface area contributed by atoms with Crippen molar-refractivity contribution in [1.82, 2.24) is 5.32 Å². The van der Waals surface area contributed by atoms with Gasteiger partial charge in [0.1, 0.15) is 6.04 Å². The zero-order valence-corrected chi connectivity index (χ0v) is 20.1. The van der Waals surface area contributed by atoms with Crippen LogP contribution in [0.4, 0.5) is 5.69 Å². The first kappa shape index (κ1) is 23.3. The number of anilines is 1. The molecular weight excluding hydrogens is 408 g/mol. The molecule has 0 radical (unpaired) electrons. The third kappa shape index (κ3) is 5.29. The molecule has 3 rings (SSSR count). The fraction of sp³-hybridized carbons (Fsp3) is 0.480.